The molecule has 1 aromatic rings. The van der Waals surface area contributed by atoms with E-state index < -0.39 is 5.41 Å². The lowest BCUT2D eigenvalue weighted by Crippen LogP contribution is -2.41. The van der Waals surface area contributed by atoms with Crippen molar-refractivity contribution in [2.75, 3.05) is 6.54 Å². The second-order valence-corrected chi connectivity index (χ2v) is 6.88. The van der Waals surface area contributed by atoms with Gasteiger partial charge in [0.1, 0.15) is 0 Å². The van der Waals surface area contributed by atoms with E-state index in [1.807, 2.05) is 51.1 Å². The molecule has 0 spiro atoms. The highest BCUT2D eigenvalue weighted by Crippen LogP contribution is 2.60. The SMILES string of the molecule is CC(C)(C)CN1C(=O)C2CC2(c2ccccc2)C1=O. The van der Waals surface area contributed by atoms with E-state index in [2.05, 4.69) is 0 Å². The first kappa shape index (κ1) is 12.4. The van der Waals surface area contributed by atoms with Crippen molar-refractivity contribution in [3.63, 3.8) is 0 Å². The summed E-state index contributed by atoms with van der Waals surface area (Å²) >= 11 is 0. The summed E-state index contributed by atoms with van der Waals surface area (Å²) in [5.41, 5.74) is 0.401. The normalized spacial score (nSPS) is 29.6. The van der Waals surface area contributed by atoms with Gasteiger partial charge in [0.2, 0.25) is 11.8 Å². The molecule has 1 aliphatic carbocycles. The predicted octanol–water partition coefficient (Wildman–Crippen LogP) is 2.36. The minimum Gasteiger partial charge on any atom is -0.281 e. The van der Waals surface area contributed by atoms with Crippen LogP contribution < -0.4 is 0 Å². The van der Waals surface area contributed by atoms with Gasteiger partial charge >= 0.3 is 0 Å². The van der Waals surface area contributed by atoms with Gasteiger partial charge in [-0.05, 0) is 17.4 Å². The van der Waals surface area contributed by atoms with Gasteiger partial charge in [0, 0.05) is 6.54 Å². The van der Waals surface area contributed by atoms with Crippen molar-refractivity contribution in [2.24, 2.45) is 11.3 Å². The molecule has 19 heavy (non-hydrogen) atoms. The van der Waals surface area contributed by atoms with Gasteiger partial charge in [0.25, 0.3) is 0 Å². The van der Waals surface area contributed by atoms with E-state index in [-0.39, 0.29) is 23.1 Å². The van der Waals surface area contributed by atoms with E-state index in [0.29, 0.717) is 13.0 Å². The molecular formula is C16H19NO2. The maximum absolute atomic E-state index is 12.7. The number of amides is 2. The van der Waals surface area contributed by atoms with Crippen LogP contribution in [0.5, 0.6) is 0 Å². The molecule has 1 heterocycles. The lowest BCUT2D eigenvalue weighted by molar-refractivity contribution is -0.143. The molecule has 2 fully saturated rings. The van der Waals surface area contributed by atoms with Gasteiger partial charge < -0.3 is 0 Å². The molecule has 2 unspecified atom stereocenters. The van der Waals surface area contributed by atoms with Crippen molar-refractivity contribution in [2.45, 2.75) is 32.6 Å². The molecule has 0 aromatic heterocycles. The van der Waals surface area contributed by atoms with E-state index in [1.165, 1.54) is 4.90 Å². The summed E-state index contributed by atoms with van der Waals surface area (Å²) in [6.07, 6.45) is 0.690. The second kappa shape index (κ2) is 3.69. The Balaban J connectivity index is 1.93. The first-order valence-corrected chi connectivity index (χ1v) is 6.78. The van der Waals surface area contributed by atoms with Crippen molar-refractivity contribution in [1.82, 2.24) is 4.90 Å². The lowest BCUT2D eigenvalue weighted by Gasteiger charge is -2.27. The average molecular weight is 257 g/mol. The first-order chi connectivity index (χ1) is 8.86. The molecule has 3 nitrogen and oxygen atoms in total. The lowest BCUT2D eigenvalue weighted by atomic mass is 9.93. The number of hydrogen-bond donors (Lipinski definition) is 0. The molecule has 2 atom stereocenters. The zero-order valence-electron chi connectivity index (χ0n) is 11.6. The Morgan fingerprint density at radius 3 is 2.42 bits per heavy atom. The number of likely N-dealkylation sites (tertiary alicyclic amines) is 1. The number of carbonyl (C=O) groups is 2. The van der Waals surface area contributed by atoms with Crippen molar-refractivity contribution in [3.05, 3.63) is 35.9 Å². The highest BCUT2D eigenvalue weighted by molar-refractivity contribution is 6.15. The first-order valence-electron chi connectivity index (χ1n) is 6.78. The van der Waals surface area contributed by atoms with Crippen LogP contribution in [0.15, 0.2) is 30.3 Å². The molecule has 2 aliphatic rings. The Hall–Kier alpha value is -1.64. The molecule has 2 amide bonds. The molecule has 1 aliphatic heterocycles. The summed E-state index contributed by atoms with van der Waals surface area (Å²) in [6, 6.07) is 9.73. The minimum atomic E-state index is -0.538. The third-order valence-corrected chi connectivity index (χ3v) is 4.07. The van der Waals surface area contributed by atoms with Crippen molar-refractivity contribution >= 4 is 11.8 Å². The molecule has 0 N–H and O–H groups in total. The number of hydrogen-bond acceptors (Lipinski definition) is 2. The van der Waals surface area contributed by atoms with Crippen molar-refractivity contribution < 1.29 is 9.59 Å². The van der Waals surface area contributed by atoms with Crippen LogP contribution in [0.3, 0.4) is 0 Å². The van der Waals surface area contributed by atoms with E-state index in [4.69, 9.17) is 0 Å². The summed E-state index contributed by atoms with van der Waals surface area (Å²) in [7, 11) is 0. The third kappa shape index (κ3) is 1.71. The fourth-order valence-electron chi connectivity index (χ4n) is 3.13. The summed E-state index contributed by atoms with van der Waals surface area (Å²) < 4.78 is 0. The highest BCUT2D eigenvalue weighted by atomic mass is 16.2. The number of carbonyl (C=O) groups excluding carboxylic acids is 2. The zero-order valence-corrected chi connectivity index (χ0v) is 11.6. The smallest absolute Gasteiger partial charge is 0.240 e. The van der Waals surface area contributed by atoms with Crippen LogP contribution >= 0.6 is 0 Å². The molecule has 0 bridgehead atoms. The maximum Gasteiger partial charge on any atom is 0.240 e. The molecule has 100 valence electrons. The van der Waals surface area contributed by atoms with Crippen LogP contribution in [-0.4, -0.2) is 23.3 Å². The number of rotatable bonds is 2. The molecular weight excluding hydrogens is 238 g/mol. The zero-order chi connectivity index (χ0) is 13.8. The number of benzene rings is 1. The van der Waals surface area contributed by atoms with Gasteiger partial charge in [0.15, 0.2) is 0 Å². The Kier molecular flexibility index (Phi) is 2.40. The average Bonchev–Trinajstić information content (AvgIpc) is 3.06. The van der Waals surface area contributed by atoms with Gasteiger partial charge in [-0.25, -0.2) is 0 Å². The van der Waals surface area contributed by atoms with Crippen LogP contribution in [0.1, 0.15) is 32.8 Å². The number of fused-ring (bicyclic) bond motifs is 1. The topological polar surface area (TPSA) is 37.4 Å². The molecule has 0 radical (unpaired) electrons. The van der Waals surface area contributed by atoms with Gasteiger partial charge in [0.05, 0.1) is 11.3 Å². The van der Waals surface area contributed by atoms with E-state index in [1.54, 1.807) is 0 Å². The van der Waals surface area contributed by atoms with Crippen molar-refractivity contribution in [1.29, 1.82) is 0 Å². The Bertz CT molecular complexity index is 544. The quantitative estimate of drug-likeness (QED) is 0.763. The van der Waals surface area contributed by atoms with Crippen LogP contribution in [-0.2, 0) is 15.0 Å². The summed E-state index contributed by atoms with van der Waals surface area (Å²) in [5, 5.41) is 0. The van der Waals surface area contributed by atoms with Gasteiger partial charge in [-0.1, -0.05) is 51.1 Å². The Morgan fingerprint density at radius 2 is 1.84 bits per heavy atom. The Labute approximate surface area is 113 Å². The Morgan fingerprint density at radius 1 is 1.21 bits per heavy atom. The minimum absolute atomic E-state index is 0.00336. The van der Waals surface area contributed by atoms with Gasteiger partial charge in [-0.2, -0.15) is 0 Å². The van der Waals surface area contributed by atoms with Gasteiger partial charge in [-0.3, -0.25) is 14.5 Å². The maximum atomic E-state index is 12.7. The second-order valence-electron chi connectivity index (χ2n) is 6.88. The molecule has 1 saturated heterocycles. The summed E-state index contributed by atoms with van der Waals surface area (Å²) in [5.74, 6) is -0.0999. The van der Waals surface area contributed by atoms with Crippen LogP contribution in [0, 0.1) is 11.3 Å². The monoisotopic (exact) mass is 257 g/mol. The largest absolute Gasteiger partial charge is 0.281 e. The van der Waals surface area contributed by atoms with Crippen LogP contribution in [0.25, 0.3) is 0 Å². The van der Waals surface area contributed by atoms with E-state index in [0.717, 1.165) is 5.56 Å². The summed E-state index contributed by atoms with van der Waals surface area (Å²) in [4.78, 5) is 26.5. The number of piperidine rings is 1. The van der Waals surface area contributed by atoms with E-state index in [9.17, 15) is 9.59 Å². The molecule has 1 saturated carbocycles. The fourth-order valence-corrected chi connectivity index (χ4v) is 3.13. The summed E-state index contributed by atoms with van der Waals surface area (Å²) in [6.45, 7) is 6.65. The third-order valence-electron chi connectivity index (χ3n) is 4.07. The standard InChI is InChI=1S/C16H19NO2/c1-15(2,3)10-17-13(18)12-9-16(12,14(17)19)11-7-5-4-6-8-11/h4-8,12H,9-10H2,1-3H3. The van der Waals surface area contributed by atoms with E-state index >= 15 is 0 Å². The number of nitrogens with zero attached hydrogens (tertiary/aromatic N) is 1. The molecule has 3 rings (SSSR count). The fraction of sp³-hybridized carbons (Fsp3) is 0.500. The van der Waals surface area contributed by atoms with Crippen LogP contribution in [0.2, 0.25) is 0 Å². The predicted molar refractivity (Wildman–Crippen MR) is 72.4 cm³/mol. The molecule has 3 heteroatoms. The van der Waals surface area contributed by atoms with Crippen molar-refractivity contribution in [3.8, 4) is 0 Å². The number of imide groups is 1. The highest BCUT2D eigenvalue weighted by Gasteiger charge is 2.72. The molecule has 1 aromatic carbocycles. The van der Waals surface area contributed by atoms with Crippen LogP contribution in [0.4, 0.5) is 0 Å². The van der Waals surface area contributed by atoms with Gasteiger partial charge in [-0.15, -0.1) is 0 Å².